The van der Waals surface area contributed by atoms with E-state index in [0.29, 0.717) is 19.0 Å². The Kier molecular flexibility index (Phi) is 3.22. The van der Waals surface area contributed by atoms with Crippen molar-refractivity contribution < 1.29 is 9.00 Å². The van der Waals surface area contributed by atoms with Gasteiger partial charge in [0.25, 0.3) is 0 Å². The van der Waals surface area contributed by atoms with Crippen LogP contribution in [0.25, 0.3) is 0 Å². The van der Waals surface area contributed by atoms with Crippen LogP contribution in [0.4, 0.5) is 0 Å². The topological polar surface area (TPSA) is 49.4 Å². The summed E-state index contributed by atoms with van der Waals surface area (Å²) >= 11 is 0. The summed E-state index contributed by atoms with van der Waals surface area (Å²) in [6.45, 7) is 2.93. The fourth-order valence-electron chi connectivity index (χ4n) is 1.30. The normalized spacial score (nSPS) is 22.8. The van der Waals surface area contributed by atoms with E-state index in [2.05, 4.69) is 5.32 Å². The summed E-state index contributed by atoms with van der Waals surface area (Å²) in [5, 5.41) is 2.95. The molecular formula is C7H14N2O2S. The molecular weight excluding hydrogens is 176 g/mol. The molecule has 2 atom stereocenters. The number of hydrogen-bond donors (Lipinski definition) is 1. The van der Waals surface area contributed by atoms with Crippen molar-refractivity contribution in [3.8, 4) is 0 Å². The summed E-state index contributed by atoms with van der Waals surface area (Å²) in [5.74, 6) is 0.668. The van der Waals surface area contributed by atoms with Crippen molar-refractivity contribution in [1.29, 1.82) is 0 Å². The molecule has 1 aliphatic heterocycles. The van der Waals surface area contributed by atoms with E-state index in [9.17, 15) is 9.00 Å². The summed E-state index contributed by atoms with van der Waals surface area (Å²) < 4.78 is 10.9. The van der Waals surface area contributed by atoms with Crippen LogP contribution < -0.4 is 5.32 Å². The SMILES string of the molecule is CC(CS(C)=O)N1CNCC1=O. The van der Waals surface area contributed by atoms with Gasteiger partial charge in [0.2, 0.25) is 5.91 Å². The van der Waals surface area contributed by atoms with Crippen LogP contribution in [0.15, 0.2) is 0 Å². The molecule has 0 bridgehead atoms. The molecule has 1 amide bonds. The fourth-order valence-corrected chi connectivity index (χ4v) is 2.16. The van der Waals surface area contributed by atoms with Crippen LogP contribution in [-0.4, -0.2) is 46.3 Å². The molecule has 4 nitrogen and oxygen atoms in total. The molecule has 70 valence electrons. The van der Waals surface area contributed by atoms with Crippen LogP contribution in [0.1, 0.15) is 6.92 Å². The standard InChI is InChI=1S/C7H14N2O2S/c1-6(4-12(2)11)9-5-8-3-7(9)10/h6,8H,3-5H2,1-2H3. The lowest BCUT2D eigenvalue weighted by Gasteiger charge is -2.22. The average Bonchev–Trinajstić information content (AvgIpc) is 2.33. The number of amides is 1. The summed E-state index contributed by atoms with van der Waals surface area (Å²) in [7, 11) is -0.828. The number of rotatable bonds is 3. The highest BCUT2D eigenvalue weighted by Crippen LogP contribution is 2.03. The van der Waals surface area contributed by atoms with Gasteiger partial charge >= 0.3 is 0 Å². The van der Waals surface area contributed by atoms with E-state index < -0.39 is 10.8 Å². The lowest BCUT2D eigenvalue weighted by molar-refractivity contribution is -0.127. The van der Waals surface area contributed by atoms with Crippen molar-refractivity contribution in [2.75, 3.05) is 25.2 Å². The summed E-state index contributed by atoms with van der Waals surface area (Å²) in [6, 6.07) is 0.0818. The first kappa shape index (κ1) is 9.67. The van der Waals surface area contributed by atoms with Crippen molar-refractivity contribution in [2.45, 2.75) is 13.0 Å². The number of hydrogen-bond acceptors (Lipinski definition) is 3. The smallest absolute Gasteiger partial charge is 0.237 e. The van der Waals surface area contributed by atoms with Crippen LogP contribution in [0.5, 0.6) is 0 Å². The highest BCUT2D eigenvalue weighted by molar-refractivity contribution is 7.84. The number of carbonyl (C=O) groups is 1. The molecule has 1 N–H and O–H groups in total. The van der Waals surface area contributed by atoms with Gasteiger partial charge in [-0.25, -0.2) is 0 Å². The summed E-state index contributed by atoms with van der Waals surface area (Å²) in [5.41, 5.74) is 0. The quantitative estimate of drug-likeness (QED) is 0.630. The van der Waals surface area contributed by atoms with Crippen LogP contribution >= 0.6 is 0 Å². The van der Waals surface area contributed by atoms with Crippen LogP contribution in [-0.2, 0) is 15.6 Å². The predicted octanol–water partition coefficient (Wildman–Crippen LogP) is -0.857. The molecule has 0 saturated carbocycles. The molecule has 0 aromatic carbocycles. The maximum atomic E-state index is 11.2. The van der Waals surface area contributed by atoms with E-state index in [4.69, 9.17) is 0 Å². The van der Waals surface area contributed by atoms with Gasteiger partial charge in [-0.1, -0.05) is 0 Å². The first-order valence-corrected chi connectivity index (χ1v) is 5.64. The largest absolute Gasteiger partial charge is 0.325 e. The number of nitrogens with zero attached hydrogens (tertiary/aromatic N) is 1. The number of nitrogens with one attached hydrogen (secondary N) is 1. The van der Waals surface area contributed by atoms with E-state index in [1.165, 1.54) is 0 Å². The first-order valence-electron chi connectivity index (χ1n) is 3.91. The molecule has 2 unspecified atom stereocenters. The van der Waals surface area contributed by atoms with Gasteiger partial charge in [-0.2, -0.15) is 0 Å². The Morgan fingerprint density at radius 3 is 2.83 bits per heavy atom. The average molecular weight is 190 g/mol. The van der Waals surface area contributed by atoms with Crippen LogP contribution in [0.2, 0.25) is 0 Å². The zero-order chi connectivity index (χ0) is 9.14. The minimum atomic E-state index is -0.828. The Morgan fingerprint density at radius 1 is 1.75 bits per heavy atom. The molecule has 0 aromatic heterocycles. The minimum Gasteiger partial charge on any atom is -0.325 e. The highest BCUT2D eigenvalue weighted by atomic mass is 32.2. The molecule has 1 aliphatic rings. The second-order valence-electron chi connectivity index (χ2n) is 3.04. The third-order valence-electron chi connectivity index (χ3n) is 1.89. The van der Waals surface area contributed by atoms with Crippen LogP contribution in [0, 0.1) is 0 Å². The molecule has 1 heterocycles. The van der Waals surface area contributed by atoms with Gasteiger partial charge in [0, 0.05) is 28.9 Å². The van der Waals surface area contributed by atoms with E-state index in [-0.39, 0.29) is 11.9 Å². The second kappa shape index (κ2) is 4.00. The Bertz CT molecular complexity index is 208. The predicted molar refractivity (Wildman–Crippen MR) is 48.1 cm³/mol. The maximum absolute atomic E-state index is 11.2. The van der Waals surface area contributed by atoms with Gasteiger partial charge < -0.3 is 4.90 Å². The molecule has 1 rings (SSSR count). The molecule has 12 heavy (non-hydrogen) atoms. The van der Waals surface area contributed by atoms with Gasteiger partial charge in [-0.05, 0) is 6.92 Å². The second-order valence-corrected chi connectivity index (χ2v) is 4.52. The van der Waals surface area contributed by atoms with E-state index in [0.717, 1.165) is 0 Å². The third kappa shape index (κ3) is 2.28. The fraction of sp³-hybridized carbons (Fsp3) is 0.857. The van der Waals surface area contributed by atoms with Gasteiger partial charge in [-0.15, -0.1) is 0 Å². The lowest BCUT2D eigenvalue weighted by Crippen LogP contribution is -2.38. The molecule has 0 radical (unpaired) electrons. The molecule has 0 aromatic rings. The van der Waals surface area contributed by atoms with E-state index in [1.54, 1.807) is 11.2 Å². The summed E-state index contributed by atoms with van der Waals surface area (Å²) in [4.78, 5) is 12.9. The van der Waals surface area contributed by atoms with Gasteiger partial charge in [0.1, 0.15) is 0 Å². The van der Waals surface area contributed by atoms with Gasteiger partial charge in [-0.3, -0.25) is 14.3 Å². The number of carbonyl (C=O) groups excluding carboxylic acids is 1. The maximum Gasteiger partial charge on any atom is 0.237 e. The van der Waals surface area contributed by atoms with Crippen molar-refractivity contribution in [2.24, 2.45) is 0 Å². The van der Waals surface area contributed by atoms with Crippen molar-refractivity contribution in [1.82, 2.24) is 10.2 Å². The Morgan fingerprint density at radius 2 is 2.42 bits per heavy atom. The van der Waals surface area contributed by atoms with Crippen molar-refractivity contribution >= 4 is 16.7 Å². The first-order chi connectivity index (χ1) is 5.61. The third-order valence-corrected chi connectivity index (χ3v) is 2.84. The molecule has 5 heteroatoms. The zero-order valence-electron chi connectivity index (χ0n) is 7.37. The Hall–Kier alpha value is -0.420. The molecule has 0 spiro atoms. The van der Waals surface area contributed by atoms with E-state index in [1.807, 2.05) is 6.92 Å². The zero-order valence-corrected chi connectivity index (χ0v) is 8.19. The van der Waals surface area contributed by atoms with Crippen LogP contribution in [0.3, 0.4) is 0 Å². The molecule has 1 fully saturated rings. The monoisotopic (exact) mass is 190 g/mol. The Labute approximate surface area is 74.8 Å². The van der Waals surface area contributed by atoms with E-state index >= 15 is 0 Å². The lowest BCUT2D eigenvalue weighted by atomic mass is 10.3. The van der Waals surface area contributed by atoms with Gasteiger partial charge in [0.15, 0.2) is 0 Å². The molecule has 0 aliphatic carbocycles. The highest BCUT2D eigenvalue weighted by Gasteiger charge is 2.24. The van der Waals surface area contributed by atoms with Crippen molar-refractivity contribution in [3.63, 3.8) is 0 Å². The minimum absolute atomic E-state index is 0.0818. The van der Waals surface area contributed by atoms with Crippen molar-refractivity contribution in [3.05, 3.63) is 0 Å². The summed E-state index contributed by atoms with van der Waals surface area (Å²) in [6.07, 6.45) is 1.66. The Balaban J connectivity index is 2.45. The van der Waals surface area contributed by atoms with Gasteiger partial charge in [0.05, 0.1) is 13.2 Å². The molecule has 1 saturated heterocycles.